The Morgan fingerprint density at radius 3 is 2.73 bits per heavy atom. The van der Waals surface area contributed by atoms with E-state index in [1.165, 1.54) is 0 Å². The molecule has 0 bridgehead atoms. The zero-order valence-corrected chi connectivity index (χ0v) is 6.58. The Bertz CT molecular complexity index is 168. The third kappa shape index (κ3) is 1.25. The maximum Gasteiger partial charge on any atom is 0.309 e. The molecule has 3 heteroatoms. The molecule has 1 aliphatic carbocycles. The van der Waals surface area contributed by atoms with E-state index in [4.69, 9.17) is 9.47 Å². The Kier molecular flexibility index (Phi) is 1.60. The molecule has 1 saturated heterocycles. The molecular weight excluding hydrogens is 144 g/mol. The Labute approximate surface area is 65.7 Å². The Balaban J connectivity index is 1.82. The summed E-state index contributed by atoms with van der Waals surface area (Å²) in [5, 5.41) is 0. The SMILES string of the molecule is CCOC(=O)C1C[C@H]2O[C@@H]2C1. The summed E-state index contributed by atoms with van der Waals surface area (Å²) >= 11 is 0. The summed E-state index contributed by atoms with van der Waals surface area (Å²) in [5.74, 6) is 0.0852. The third-order valence-corrected chi connectivity index (χ3v) is 2.34. The van der Waals surface area contributed by atoms with Gasteiger partial charge in [0.25, 0.3) is 0 Å². The highest BCUT2D eigenvalue weighted by Crippen LogP contribution is 2.42. The molecule has 0 N–H and O–H groups in total. The minimum absolute atomic E-state index is 0.0386. The van der Waals surface area contributed by atoms with E-state index in [0.29, 0.717) is 18.8 Å². The molecule has 0 aromatic carbocycles. The van der Waals surface area contributed by atoms with Gasteiger partial charge in [-0.15, -0.1) is 0 Å². The first-order valence-corrected chi connectivity index (χ1v) is 4.13. The summed E-state index contributed by atoms with van der Waals surface area (Å²) < 4.78 is 10.1. The van der Waals surface area contributed by atoms with Crippen molar-refractivity contribution in [2.24, 2.45) is 5.92 Å². The maximum absolute atomic E-state index is 11.1. The second-order valence-electron chi connectivity index (χ2n) is 3.13. The van der Waals surface area contributed by atoms with Gasteiger partial charge in [0.1, 0.15) is 0 Å². The molecule has 0 radical (unpaired) electrons. The zero-order chi connectivity index (χ0) is 7.84. The number of rotatable bonds is 2. The van der Waals surface area contributed by atoms with Gasteiger partial charge < -0.3 is 9.47 Å². The van der Waals surface area contributed by atoms with E-state index in [2.05, 4.69) is 0 Å². The van der Waals surface area contributed by atoms with E-state index < -0.39 is 0 Å². The van der Waals surface area contributed by atoms with Crippen molar-refractivity contribution in [3.8, 4) is 0 Å². The van der Waals surface area contributed by atoms with Crippen molar-refractivity contribution in [2.75, 3.05) is 6.61 Å². The van der Waals surface area contributed by atoms with Gasteiger partial charge in [-0.25, -0.2) is 0 Å². The summed E-state index contributed by atoms with van der Waals surface area (Å²) in [4.78, 5) is 11.1. The molecule has 0 aromatic heterocycles. The van der Waals surface area contributed by atoms with Crippen LogP contribution in [0.4, 0.5) is 0 Å². The molecule has 3 nitrogen and oxygen atoms in total. The van der Waals surface area contributed by atoms with Crippen LogP contribution in [0.5, 0.6) is 0 Å². The van der Waals surface area contributed by atoms with Gasteiger partial charge in [0.15, 0.2) is 0 Å². The minimum atomic E-state index is -0.0386. The highest BCUT2D eigenvalue weighted by Gasteiger charge is 2.50. The fourth-order valence-corrected chi connectivity index (χ4v) is 1.70. The van der Waals surface area contributed by atoms with Crippen LogP contribution in [0.1, 0.15) is 19.8 Å². The van der Waals surface area contributed by atoms with Gasteiger partial charge >= 0.3 is 5.97 Å². The lowest BCUT2D eigenvalue weighted by Gasteiger charge is -2.08. The Morgan fingerprint density at radius 1 is 1.55 bits per heavy atom. The van der Waals surface area contributed by atoms with E-state index in [0.717, 1.165) is 12.8 Å². The molecule has 62 valence electrons. The number of carbonyl (C=O) groups is 1. The monoisotopic (exact) mass is 156 g/mol. The van der Waals surface area contributed by atoms with Crippen molar-refractivity contribution in [1.29, 1.82) is 0 Å². The summed E-state index contributed by atoms with van der Waals surface area (Å²) in [6, 6.07) is 0. The Hall–Kier alpha value is -0.570. The van der Waals surface area contributed by atoms with Gasteiger partial charge in [-0.1, -0.05) is 0 Å². The minimum Gasteiger partial charge on any atom is -0.466 e. The summed E-state index contributed by atoms with van der Waals surface area (Å²) in [6.07, 6.45) is 2.52. The summed E-state index contributed by atoms with van der Waals surface area (Å²) in [5.41, 5.74) is 0. The molecular formula is C8H12O3. The predicted molar refractivity (Wildman–Crippen MR) is 38.0 cm³/mol. The van der Waals surface area contributed by atoms with Crippen LogP contribution in [0.2, 0.25) is 0 Å². The van der Waals surface area contributed by atoms with Crippen molar-refractivity contribution >= 4 is 5.97 Å². The van der Waals surface area contributed by atoms with E-state index in [9.17, 15) is 4.79 Å². The molecule has 0 spiro atoms. The van der Waals surface area contributed by atoms with Gasteiger partial charge in [-0.2, -0.15) is 0 Å². The number of fused-ring (bicyclic) bond motifs is 1. The molecule has 2 fully saturated rings. The lowest BCUT2D eigenvalue weighted by Crippen LogP contribution is -2.16. The van der Waals surface area contributed by atoms with Gasteiger partial charge in [0.05, 0.1) is 24.7 Å². The summed E-state index contributed by atoms with van der Waals surface area (Å²) in [6.45, 7) is 2.33. The molecule has 1 heterocycles. The lowest BCUT2D eigenvalue weighted by atomic mass is 10.1. The molecule has 1 aliphatic heterocycles. The van der Waals surface area contributed by atoms with Crippen molar-refractivity contribution in [3.63, 3.8) is 0 Å². The fourth-order valence-electron chi connectivity index (χ4n) is 1.70. The number of hydrogen-bond donors (Lipinski definition) is 0. The first-order chi connectivity index (χ1) is 5.31. The van der Waals surface area contributed by atoms with Crippen LogP contribution in [0.25, 0.3) is 0 Å². The third-order valence-electron chi connectivity index (χ3n) is 2.34. The number of carbonyl (C=O) groups excluding carboxylic acids is 1. The smallest absolute Gasteiger partial charge is 0.309 e. The molecule has 11 heavy (non-hydrogen) atoms. The van der Waals surface area contributed by atoms with Crippen LogP contribution >= 0.6 is 0 Å². The second kappa shape index (κ2) is 2.48. The Morgan fingerprint density at radius 2 is 2.18 bits per heavy atom. The average Bonchev–Trinajstić information content (AvgIpc) is 2.59. The van der Waals surface area contributed by atoms with Crippen LogP contribution in [-0.2, 0) is 14.3 Å². The molecule has 2 atom stereocenters. The summed E-state index contributed by atoms with van der Waals surface area (Å²) in [7, 11) is 0. The van der Waals surface area contributed by atoms with Crippen LogP contribution in [0.15, 0.2) is 0 Å². The van der Waals surface area contributed by atoms with Crippen molar-refractivity contribution < 1.29 is 14.3 Å². The van der Waals surface area contributed by atoms with Gasteiger partial charge in [0, 0.05) is 0 Å². The van der Waals surface area contributed by atoms with E-state index >= 15 is 0 Å². The molecule has 2 aliphatic rings. The quantitative estimate of drug-likeness (QED) is 0.437. The normalized spacial score (nSPS) is 35.0. The van der Waals surface area contributed by atoms with E-state index in [1.54, 1.807) is 0 Å². The van der Waals surface area contributed by atoms with E-state index in [-0.39, 0.29) is 11.9 Å². The van der Waals surface area contributed by atoms with E-state index in [1.807, 2.05) is 6.92 Å². The standard InChI is InChI=1S/C8H12O3/c1-2-10-8(9)5-3-6-7(4-5)11-6/h5-7H,2-4H2,1H3/t6-,7-/m1/s1. The molecule has 1 saturated carbocycles. The topological polar surface area (TPSA) is 38.8 Å². The molecule has 0 aromatic rings. The number of ether oxygens (including phenoxy) is 2. The lowest BCUT2D eigenvalue weighted by molar-refractivity contribution is -0.148. The molecule has 2 rings (SSSR count). The average molecular weight is 156 g/mol. The van der Waals surface area contributed by atoms with Crippen molar-refractivity contribution in [3.05, 3.63) is 0 Å². The number of esters is 1. The largest absolute Gasteiger partial charge is 0.466 e. The maximum atomic E-state index is 11.1. The zero-order valence-electron chi connectivity index (χ0n) is 6.58. The predicted octanol–water partition coefficient (Wildman–Crippen LogP) is 0.727. The van der Waals surface area contributed by atoms with Gasteiger partial charge in [-0.3, -0.25) is 4.79 Å². The highest BCUT2D eigenvalue weighted by molar-refractivity contribution is 5.73. The van der Waals surface area contributed by atoms with Gasteiger partial charge in [-0.05, 0) is 19.8 Å². The number of hydrogen-bond acceptors (Lipinski definition) is 3. The molecule has 0 amide bonds. The highest BCUT2D eigenvalue weighted by atomic mass is 16.6. The van der Waals surface area contributed by atoms with Crippen LogP contribution in [-0.4, -0.2) is 24.8 Å². The van der Waals surface area contributed by atoms with Crippen LogP contribution < -0.4 is 0 Å². The first-order valence-electron chi connectivity index (χ1n) is 4.13. The van der Waals surface area contributed by atoms with Gasteiger partial charge in [0.2, 0.25) is 0 Å². The molecule has 0 unspecified atom stereocenters. The fraction of sp³-hybridized carbons (Fsp3) is 0.875. The van der Waals surface area contributed by atoms with Crippen LogP contribution in [0, 0.1) is 5.92 Å². The van der Waals surface area contributed by atoms with Crippen molar-refractivity contribution in [2.45, 2.75) is 32.0 Å². The van der Waals surface area contributed by atoms with Crippen LogP contribution in [0.3, 0.4) is 0 Å². The second-order valence-corrected chi connectivity index (χ2v) is 3.13. The first kappa shape index (κ1) is 7.10. The van der Waals surface area contributed by atoms with Crippen molar-refractivity contribution in [1.82, 2.24) is 0 Å². The number of epoxide rings is 1.